The zero-order chi connectivity index (χ0) is 20.1. The number of hydrogen-bond donors (Lipinski definition) is 2. The molecule has 0 radical (unpaired) electrons. The van der Waals surface area contributed by atoms with E-state index < -0.39 is 12.7 Å². The molecule has 0 aliphatic carbocycles. The number of likely N-dealkylation sites (tertiary alicyclic amines) is 1. The third-order valence-corrected chi connectivity index (χ3v) is 5.13. The predicted octanol–water partition coefficient (Wildman–Crippen LogP) is 1.99. The highest BCUT2D eigenvalue weighted by atomic mass is 127. The third kappa shape index (κ3) is 7.02. The minimum atomic E-state index is -4.19. The summed E-state index contributed by atoms with van der Waals surface area (Å²) in [5.41, 5.74) is 2.45. The molecule has 2 aliphatic rings. The second-order valence-electron chi connectivity index (χ2n) is 7.24. The molecule has 0 saturated carbocycles. The Morgan fingerprint density at radius 1 is 1.24 bits per heavy atom. The molecule has 1 saturated heterocycles. The van der Waals surface area contributed by atoms with Gasteiger partial charge in [-0.2, -0.15) is 13.2 Å². The van der Waals surface area contributed by atoms with Gasteiger partial charge in [0.05, 0.1) is 13.1 Å². The second-order valence-corrected chi connectivity index (χ2v) is 7.24. The van der Waals surface area contributed by atoms with Crippen LogP contribution in [-0.4, -0.2) is 73.7 Å². The van der Waals surface area contributed by atoms with Crippen LogP contribution in [0, 0.1) is 0 Å². The van der Waals surface area contributed by atoms with Crippen LogP contribution >= 0.6 is 24.0 Å². The van der Waals surface area contributed by atoms with Crippen LogP contribution in [-0.2, 0) is 17.8 Å². The molecule has 0 spiro atoms. The second kappa shape index (κ2) is 10.5. The molecule has 0 bridgehead atoms. The molecular formula is C19H27F3IN5O. The molecule has 2 aliphatic heterocycles. The first-order chi connectivity index (χ1) is 13.3. The molecule has 3 rings (SSSR count). The summed E-state index contributed by atoms with van der Waals surface area (Å²) in [5, 5.41) is 6.10. The van der Waals surface area contributed by atoms with E-state index in [0.29, 0.717) is 38.6 Å². The topological polar surface area (TPSA) is 60.0 Å². The van der Waals surface area contributed by atoms with Gasteiger partial charge in [0, 0.05) is 39.3 Å². The van der Waals surface area contributed by atoms with E-state index in [0.717, 1.165) is 6.42 Å². The molecule has 0 aromatic heterocycles. The number of benzene rings is 1. The Morgan fingerprint density at radius 3 is 2.66 bits per heavy atom. The number of fused-ring (bicyclic) bond motifs is 1. The van der Waals surface area contributed by atoms with Gasteiger partial charge in [-0.15, -0.1) is 24.0 Å². The van der Waals surface area contributed by atoms with Crippen molar-refractivity contribution < 1.29 is 18.0 Å². The number of rotatable bonds is 4. The van der Waals surface area contributed by atoms with Crippen molar-refractivity contribution in [2.24, 2.45) is 4.99 Å². The zero-order valence-electron chi connectivity index (χ0n) is 16.3. The monoisotopic (exact) mass is 525 g/mol. The number of nitrogens with one attached hydrogen (secondary N) is 2. The first kappa shape index (κ1) is 23.7. The van der Waals surface area contributed by atoms with Gasteiger partial charge in [-0.1, -0.05) is 24.3 Å². The maximum absolute atomic E-state index is 12.5. The average Bonchev–Trinajstić information content (AvgIpc) is 3.09. The SMILES string of the molecule is CN=C(NCC(=O)N1CCc2ccccc2C1)NC1CCN(CC(F)(F)F)C1.I. The summed E-state index contributed by atoms with van der Waals surface area (Å²) >= 11 is 0. The van der Waals surface area contributed by atoms with Crippen LogP contribution in [0.25, 0.3) is 0 Å². The first-order valence-electron chi connectivity index (χ1n) is 9.45. The Labute approximate surface area is 185 Å². The van der Waals surface area contributed by atoms with Gasteiger partial charge in [-0.3, -0.25) is 14.7 Å². The predicted molar refractivity (Wildman–Crippen MR) is 116 cm³/mol. The normalized spacial score (nSPS) is 20.1. The zero-order valence-corrected chi connectivity index (χ0v) is 18.7. The highest BCUT2D eigenvalue weighted by Crippen LogP contribution is 2.20. The van der Waals surface area contributed by atoms with Gasteiger partial charge in [-0.05, 0) is 24.0 Å². The van der Waals surface area contributed by atoms with Crippen molar-refractivity contribution in [1.29, 1.82) is 0 Å². The van der Waals surface area contributed by atoms with Crippen molar-refractivity contribution in [3.8, 4) is 0 Å². The largest absolute Gasteiger partial charge is 0.401 e. The molecule has 1 aromatic rings. The van der Waals surface area contributed by atoms with Crippen molar-refractivity contribution in [2.75, 3.05) is 39.8 Å². The first-order valence-corrected chi connectivity index (χ1v) is 9.45. The van der Waals surface area contributed by atoms with E-state index in [2.05, 4.69) is 21.7 Å². The van der Waals surface area contributed by atoms with Gasteiger partial charge in [0.25, 0.3) is 0 Å². The molecule has 2 heterocycles. The van der Waals surface area contributed by atoms with Crippen LogP contribution in [0.5, 0.6) is 0 Å². The van der Waals surface area contributed by atoms with Crippen molar-refractivity contribution in [2.45, 2.75) is 31.6 Å². The van der Waals surface area contributed by atoms with Crippen LogP contribution in [0.1, 0.15) is 17.5 Å². The van der Waals surface area contributed by atoms with Gasteiger partial charge < -0.3 is 15.5 Å². The lowest BCUT2D eigenvalue weighted by atomic mass is 10.00. The number of carbonyl (C=O) groups is 1. The maximum Gasteiger partial charge on any atom is 0.401 e. The molecular weight excluding hydrogens is 498 g/mol. The molecule has 2 N–H and O–H groups in total. The van der Waals surface area contributed by atoms with E-state index in [1.54, 1.807) is 7.05 Å². The minimum Gasteiger partial charge on any atom is -0.352 e. The molecule has 6 nitrogen and oxygen atoms in total. The maximum atomic E-state index is 12.5. The molecule has 1 atom stereocenters. The van der Waals surface area contributed by atoms with Gasteiger partial charge in [0.2, 0.25) is 5.91 Å². The van der Waals surface area contributed by atoms with Gasteiger partial charge >= 0.3 is 6.18 Å². The van der Waals surface area contributed by atoms with Gasteiger partial charge in [0.1, 0.15) is 0 Å². The van der Waals surface area contributed by atoms with E-state index in [1.165, 1.54) is 16.0 Å². The number of aliphatic imine (C=N–C) groups is 1. The number of halogens is 4. The van der Waals surface area contributed by atoms with Crippen LogP contribution in [0.4, 0.5) is 13.2 Å². The Bertz CT molecular complexity index is 728. The summed E-state index contributed by atoms with van der Waals surface area (Å²) in [4.78, 5) is 19.8. The van der Waals surface area contributed by atoms with E-state index in [9.17, 15) is 18.0 Å². The van der Waals surface area contributed by atoms with Crippen molar-refractivity contribution in [3.05, 3.63) is 35.4 Å². The number of alkyl halides is 3. The molecule has 10 heteroatoms. The quantitative estimate of drug-likeness (QED) is 0.359. The van der Waals surface area contributed by atoms with E-state index in [1.807, 2.05) is 23.1 Å². The molecule has 1 amide bonds. The Balaban J connectivity index is 0.00000300. The summed E-state index contributed by atoms with van der Waals surface area (Å²) in [5.74, 6) is 0.409. The smallest absolute Gasteiger partial charge is 0.352 e. The van der Waals surface area contributed by atoms with E-state index in [4.69, 9.17) is 0 Å². The van der Waals surface area contributed by atoms with Crippen LogP contribution < -0.4 is 10.6 Å². The fraction of sp³-hybridized carbons (Fsp3) is 0.579. The van der Waals surface area contributed by atoms with E-state index >= 15 is 0 Å². The van der Waals surface area contributed by atoms with Crippen LogP contribution in [0.2, 0.25) is 0 Å². The molecule has 1 unspecified atom stereocenters. The fourth-order valence-corrected chi connectivity index (χ4v) is 3.72. The molecule has 1 aromatic carbocycles. The van der Waals surface area contributed by atoms with Crippen LogP contribution in [0.3, 0.4) is 0 Å². The lowest BCUT2D eigenvalue weighted by Gasteiger charge is -2.29. The fourth-order valence-electron chi connectivity index (χ4n) is 3.72. The van der Waals surface area contributed by atoms with Gasteiger partial charge in [0.15, 0.2) is 5.96 Å². The number of hydrogen-bond acceptors (Lipinski definition) is 3. The molecule has 1 fully saturated rings. The summed E-state index contributed by atoms with van der Waals surface area (Å²) in [7, 11) is 1.58. The average molecular weight is 525 g/mol. The lowest BCUT2D eigenvalue weighted by molar-refractivity contribution is -0.143. The summed E-state index contributed by atoms with van der Waals surface area (Å²) in [6.45, 7) is 1.17. The third-order valence-electron chi connectivity index (χ3n) is 5.13. The standard InChI is InChI=1S/C19H26F3N5O.HI/c1-23-18(25-16-7-8-26(12-16)13-19(20,21)22)24-10-17(28)27-9-6-14-4-2-3-5-15(14)11-27;/h2-5,16H,6-13H2,1H3,(H2,23,24,25);1H. The lowest BCUT2D eigenvalue weighted by Crippen LogP contribution is -2.49. The van der Waals surface area contributed by atoms with Crippen molar-refractivity contribution >= 4 is 35.8 Å². The highest BCUT2D eigenvalue weighted by molar-refractivity contribution is 14.0. The van der Waals surface area contributed by atoms with Crippen molar-refractivity contribution in [1.82, 2.24) is 20.4 Å². The number of carbonyl (C=O) groups excluding carboxylic acids is 1. The summed E-state index contributed by atoms with van der Waals surface area (Å²) in [6, 6.07) is 7.98. The molecule has 29 heavy (non-hydrogen) atoms. The number of nitrogens with zero attached hydrogens (tertiary/aromatic N) is 3. The summed E-state index contributed by atoms with van der Waals surface area (Å²) < 4.78 is 37.5. The van der Waals surface area contributed by atoms with Crippen LogP contribution in [0.15, 0.2) is 29.3 Å². The Kier molecular flexibility index (Phi) is 8.56. The van der Waals surface area contributed by atoms with Crippen molar-refractivity contribution in [3.63, 3.8) is 0 Å². The summed E-state index contributed by atoms with van der Waals surface area (Å²) in [6.07, 6.45) is -2.74. The minimum absolute atomic E-state index is 0. The van der Waals surface area contributed by atoms with E-state index in [-0.39, 0.29) is 42.5 Å². The highest BCUT2D eigenvalue weighted by Gasteiger charge is 2.34. The Hall–Kier alpha value is -1.56. The molecule has 162 valence electrons. The Morgan fingerprint density at radius 2 is 1.97 bits per heavy atom. The number of guanidine groups is 1. The van der Waals surface area contributed by atoms with Gasteiger partial charge in [-0.25, -0.2) is 0 Å². The number of amides is 1.